The number of nitriles is 1. The second-order valence-electron chi connectivity index (χ2n) is 3.12. The molecule has 0 atom stereocenters. The molecular formula is C9H8N6S. The number of hydrogen-bond donors (Lipinski definition) is 0. The third kappa shape index (κ3) is 2.17. The lowest BCUT2D eigenvalue weighted by molar-refractivity contribution is 0.782. The molecule has 0 amide bonds. The molecule has 80 valence electrons. The van der Waals surface area contributed by atoms with Gasteiger partial charge in [-0.05, 0) is 24.8 Å². The van der Waals surface area contributed by atoms with Gasteiger partial charge in [-0.3, -0.25) is 0 Å². The molecule has 2 aromatic rings. The highest BCUT2D eigenvalue weighted by Crippen LogP contribution is 2.21. The molecule has 0 aromatic carbocycles. The maximum Gasteiger partial charge on any atom is 0.198 e. The summed E-state index contributed by atoms with van der Waals surface area (Å²) in [4.78, 5) is 8.30. The Labute approximate surface area is 96.4 Å². The summed E-state index contributed by atoms with van der Waals surface area (Å²) in [5.74, 6) is 0. The van der Waals surface area contributed by atoms with Crippen molar-refractivity contribution in [2.45, 2.75) is 17.2 Å². The summed E-state index contributed by atoms with van der Waals surface area (Å²) in [6, 6.07) is 3.63. The molecule has 0 unspecified atom stereocenters. The van der Waals surface area contributed by atoms with Crippen molar-refractivity contribution in [3.8, 4) is 6.07 Å². The SMILES string of the molecule is Cc1cc(C#N)nc(Sc2nncn2C)n1. The van der Waals surface area contributed by atoms with E-state index in [1.54, 1.807) is 17.0 Å². The number of nitrogens with zero attached hydrogens (tertiary/aromatic N) is 6. The second kappa shape index (κ2) is 4.28. The highest BCUT2D eigenvalue weighted by Gasteiger charge is 2.08. The summed E-state index contributed by atoms with van der Waals surface area (Å²) in [7, 11) is 1.84. The number of rotatable bonds is 2. The maximum absolute atomic E-state index is 8.78. The summed E-state index contributed by atoms with van der Waals surface area (Å²) < 4.78 is 1.77. The van der Waals surface area contributed by atoms with Crippen molar-refractivity contribution in [2.24, 2.45) is 7.05 Å². The normalized spacial score (nSPS) is 10.1. The second-order valence-corrected chi connectivity index (χ2v) is 4.05. The maximum atomic E-state index is 8.78. The average Bonchev–Trinajstić information content (AvgIpc) is 2.63. The van der Waals surface area contributed by atoms with Gasteiger partial charge in [-0.25, -0.2) is 9.97 Å². The standard InChI is InChI=1S/C9H8N6S/c1-6-3-7(4-10)13-8(12-6)16-9-14-11-5-15(9)2/h3,5H,1-2H3. The topological polar surface area (TPSA) is 80.3 Å². The summed E-state index contributed by atoms with van der Waals surface area (Å²) in [5.41, 5.74) is 1.12. The van der Waals surface area contributed by atoms with Crippen LogP contribution in [-0.4, -0.2) is 24.7 Å². The van der Waals surface area contributed by atoms with Gasteiger partial charge in [0, 0.05) is 12.7 Å². The van der Waals surface area contributed by atoms with Gasteiger partial charge in [0.05, 0.1) is 0 Å². The van der Waals surface area contributed by atoms with E-state index < -0.39 is 0 Å². The molecule has 2 rings (SSSR count). The molecule has 6 nitrogen and oxygen atoms in total. The van der Waals surface area contributed by atoms with Gasteiger partial charge in [0.1, 0.15) is 18.1 Å². The average molecular weight is 232 g/mol. The zero-order valence-electron chi connectivity index (χ0n) is 8.75. The first kappa shape index (κ1) is 10.6. The third-order valence-corrected chi connectivity index (χ3v) is 2.72. The first-order valence-electron chi connectivity index (χ1n) is 4.46. The van der Waals surface area contributed by atoms with Crippen LogP contribution in [0.4, 0.5) is 0 Å². The van der Waals surface area contributed by atoms with Crippen LogP contribution in [0.1, 0.15) is 11.4 Å². The molecule has 0 saturated heterocycles. The van der Waals surface area contributed by atoms with Crippen molar-refractivity contribution in [3.05, 3.63) is 23.8 Å². The molecular weight excluding hydrogens is 224 g/mol. The van der Waals surface area contributed by atoms with Gasteiger partial charge >= 0.3 is 0 Å². The molecule has 0 saturated carbocycles. The van der Waals surface area contributed by atoms with Gasteiger partial charge in [-0.2, -0.15) is 5.26 Å². The number of aromatic nitrogens is 5. The summed E-state index contributed by atoms with van der Waals surface area (Å²) in [5, 5.41) is 17.6. The number of hydrogen-bond acceptors (Lipinski definition) is 6. The minimum atomic E-state index is 0.358. The zero-order valence-corrected chi connectivity index (χ0v) is 9.56. The summed E-state index contributed by atoms with van der Waals surface area (Å²) in [6.45, 7) is 1.82. The van der Waals surface area contributed by atoms with Gasteiger partial charge in [-0.1, -0.05) is 0 Å². The summed E-state index contributed by atoms with van der Waals surface area (Å²) >= 11 is 1.28. The lowest BCUT2D eigenvalue weighted by atomic mass is 10.4. The molecule has 0 fully saturated rings. The Morgan fingerprint density at radius 2 is 2.25 bits per heavy atom. The molecule has 0 radical (unpaired) electrons. The fourth-order valence-corrected chi connectivity index (χ4v) is 1.87. The molecule has 0 spiro atoms. The van der Waals surface area contributed by atoms with Crippen molar-refractivity contribution < 1.29 is 0 Å². The first-order valence-corrected chi connectivity index (χ1v) is 5.28. The Hall–Kier alpha value is -1.94. The molecule has 0 aliphatic carbocycles. The smallest absolute Gasteiger partial charge is 0.198 e. The van der Waals surface area contributed by atoms with E-state index in [4.69, 9.17) is 5.26 Å². The van der Waals surface area contributed by atoms with E-state index in [0.29, 0.717) is 16.0 Å². The molecule has 0 N–H and O–H groups in total. The van der Waals surface area contributed by atoms with Crippen LogP contribution in [0.5, 0.6) is 0 Å². The van der Waals surface area contributed by atoms with E-state index in [1.807, 2.05) is 20.0 Å². The van der Waals surface area contributed by atoms with Crippen LogP contribution in [0.2, 0.25) is 0 Å². The van der Waals surface area contributed by atoms with Gasteiger partial charge in [0.2, 0.25) is 0 Å². The first-order chi connectivity index (χ1) is 7.69. The molecule has 0 bridgehead atoms. The van der Waals surface area contributed by atoms with Gasteiger partial charge in [0.15, 0.2) is 10.3 Å². The molecule has 16 heavy (non-hydrogen) atoms. The monoisotopic (exact) mass is 232 g/mol. The fourth-order valence-electron chi connectivity index (χ4n) is 1.09. The van der Waals surface area contributed by atoms with Gasteiger partial charge in [-0.15, -0.1) is 10.2 Å². The van der Waals surface area contributed by atoms with E-state index in [1.165, 1.54) is 11.8 Å². The third-order valence-electron chi connectivity index (χ3n) is 1.80. The molecule has 0 aliphatic heterocycles. The lowest BCUT2D eigenvalue weighted by Gasteiger charge is -2.00. The van der Waals surface area contributed by atoms with E-state index in [2.05, 4.69) is 20.2 Å². The number of aryl methyl sites for hydroxylation is 2. The Bertz CT molecular complexity index is 555. The van der Waals surface area contributed by atoms with E-state index >= 15 is 0 Å². The van der Waals surface area contributed by atoms with E-state index in [-0.39, 0.29) is 0 Å². The minimum Gasteiger partial charge on any atom is -0.311 e. The predicted octanol–water partition coefficient (Wildman–Crippen LogP) is 0.936. The predicted molar refractivity (Wildman–Crippen MR) is 56.6 cm³/mol. The van der Waals surface area contributed by atoms with Crippen molar-refractivity contribution >= 4 is 11.8 Å². The largest absolute Gasteiger partial charge is 0.311 e. The van der Waals surface area contributed by atoms with Crippen LogP contribution in [0.15, 0.2) is 22.7 Å². The van der Waals surface area contributed by atoms with Crippen molar-refractivity contribution in [3.63, 3.8) is 0 Å². The molecule has 2 aromatic heterocycles. The van der Waals surface area contributed by atoms with Crippen LogP contribution in [0.3, 0.4) is 0 Å². The van der Waals surface area contributed by atoms with Crippen LogP contribution < -0.4 is 0 Å². The highest BCUT2D eigenvalue weighted by atomic mass is 32.2. The minimum absolute atomic E-state index is 0.358. The Balaban J connectivity index is 2.32. The summed E-state index contributed by atoms with van der Waals surface area (Å²) in [6.07, 6.45) is 1.60. The Morgan fingerprint density at radius 3 is 2.88 bits per heavy atom. The fraction of sp³-hybridized carbons (Fsp3) is 0.222. The molecule has 2 heterocycles. The quantitative estimate of drug-likeness (QED) is 0.717. The Morgan fingerprint density at radius 1 is 1.44 bits per heavy atom. The molecule has 7 heteroatoms. The lowest BCUT2D eigenvalue weighted by Crippen LogP contribution is -1.95. The van der Waals surface area contributed by atoms with Crippen LogP contribution in [0.25, 0.3) is 0 Å². The van der Waals surface area contributed by atoms with Crippen LogP contribution >= 0.6 is 11.8 Å². The zero-order chi connectivity index (χ0) is 11.5. The molecule has 0 aliphatic rings. The van der Waals surface area contributed by atoms with E-state index in [0.717, 1.165) is 5.69 Å². The van der Waals surface area contributed by atoms with Crippen LogP contribution in [0, 0.1) is 18.3 Å². The van der Waals surface area contributed by atoms with Crippen molar-refractivity contribution in [2.75, 3.05) is 0 Å². The van der Waals surface area contributed by atoms with E-state index in [9.17, 15) is 0 Å². The van der Waals surface area contributed by atoms with Gasteiger partial charge in [0.25, 0.3) is 0 Å². The van der Waals surface area contributed by atoms with Gasteiger partial charge < -0.3 is 4.57 Å². The Kier molecular flexibility index (Phi) is 2.83. The van der Waals surface area contributed by atoms with Crippen molar-refractivity contribution in [1.29, 1.82) is 5.26 Å². The van der Waals surface area contributed by atoms with Crippen LogP contribution in [-0.2, 0) is 7.05 Å². The van der Waals surface area contributed by atoms with Crippen molar-refractivity contribution in [1.82, 2.24) is 24.7 Å². The highest BCUT2D eigenvalue weighted by molar-refractivity contribution is 7.99.